The summed E-state index contributed by atoms with van der Waals surface area (Å²) < 4.78 is 11.3. The molecule has 2 heterocycles. The molecule has 0 spiro atoms. The third-order valence-electron chi connectivity index (χ3n) is 6.71. The highest BCUT2D eigenvalue weighted by atomic mass is 16.5. The van der Waals surface area contributed by atoms with Gasteiger partial charge in [0.05, 0.1) is 31.4 Å². The van der Waals surface area contributed by atoms with Crippen LogP contribution in [0.4, 0.5) is 0 Å². The largest absolute Gasteiger partial charge is 0.503 e. The molecule has 1 unspecified atom stereocenters. The molecule has 0 radical (unpaired) electrons. The monoisotopic (exact) mass is 504 g/mol. The van der Waals surface area contributed by atoms with Crippen LogP contribution in [0.1, 0.15) is 43.4 Å². The van der Waals surface area contributed by atoms with Crippen LogP contribution in [0.25, 0.3) is 6.08 Å². The molecule has 2 aliphatic heterocycles. The molecule has 196 valence electrons. The van der Waals surface area contributed by atoms with Crippen molar-refractivity contribution >= 4 is 17.8 Å². The quantitative estimate of drug-likeness (QED) is 0.337. The van der Waals surface area contributed by atoms with Crippen molar-refractivity contribution in [2.24, 2.45) is 0 Å². The highest BCUT2D eigenvalue weighted by Gasteiger charge is 2.42. The van der Waals surface area contributed by atoms with Crippen molar-refractivity contribution in [1.82, 2.24) is 9.80 Å². The van der Waals surface area contributed by atoms with E-state index in [4.69, 9.17) is 9.47 Å². The van der Waals surface area contributed by atoms with Crippen LogP contribution < -0.4 is 4.74 Å². The summed E-state index contributed by atoms with van der Waals surface area (Å²) in [6, 6.07) is 16.3. The summed E-state index contributed by atoms with van der Waals surface area (Å²) in [5, 5.41) is 10.9. The van der Waals surface area contributed by atoms with Crippen LogP contribution in [-0.4, -0.2) is 72.6 Å². The fourth-order valence-corrected chi connectivity index (χ4v) is 4.71. The lowest BCUT2D eigenvalue weighted by Crippen LogP contribution is -2.39. The molecule has 7 heteroatoms. The Balaban J connectivity index is 1.58. The molecule has 1 amide bonds. The first-order valence-corrected chi connectivity index (χ1v) is 13.1. The van der Waals surface area contributed by atoms with Gasteiger partial charge in [0, 0.05) is 26.2 Å². The molecule has 4 rings (SSSR count). The third kappa shape index (κ3) is 6.87. The van der Waals surface area contributed by atoms with E-state index in [1.165, 1.54) is 6.08 Å². The number of carbonyl (C=O) groups is 2. The van der Waals surface area contributed by atoms with Gasteiger partial charge in [0.25, 0.3) is 5.91 Å². The van der Waals surface area contributed by atoms with Crippen molar-refractivity contribution in [3.8, 4) is 5.75 Å². The molecule has 2 aliphatic rings. The van der Waals surface area contributed by atoms with Crippen LogP contribution in [0.15, 0.2) is 72.0 Å². The molecule has 2 aromatic rings. The third-order valence-corrected chi connectivity index (χ3v) is 6.71. The van der Waals surface area contributed by atoms with Gasteiger partial charge in [-0.15, -0.1) is 0 Å². The smallest absolute Gasteiger partial charge is 0.290 e. The number of benzene rings is 2. The van der Waals surface area contributed by atoms with Crippen LogP contribution in [0, 0.1) is 0 Å². The second kappa shape index (κ2) is 13.2. The lowest BCUT2D eigenvalue weighted by Gasteiger charge is -2.30. The first-order chi connectivity index (χ1) is 18.1. The van der Waals surface area contributed by atoms with Gasteiger partial charge >= 0.3 is 0 Å². The Morgan fingerprint density at radius 1 is 1.08 bits per heavy atom. The maximum Gasteiger partial charge on any atom is 0.290 e. The molecule has 0 aromatic heterocycles. The number of morpholine rings is 1. The van der Waals surface area contributed by atoms with E-state index in [-0.39, 0.29) is 11.4 Å². The van der Waals surface area contributed by atoms with Crippen molar-refractivity contribution < 1.29 is 24.2 Å². The number of aliphatic hydroxyl groups is 1. The molecule has 0 aliphatic carbocycles. The zero-order chi connectivity index (χ0) is 26.0. The topological polar surface area (TPSA) is 79.3 Å². The Labute approximate surface area is 219 Å². The van der Waals surface area contributed by atoms with E-state index in [9.17, 15) is 14.7 Å². The fraction of sp³-hybridized carbons (Fsp3) is 0.400. The first kappa shape index (κ1) is 26.6. The van der Waals surface area contributed by atoms with Gasteiger partial charge in [-0.05, 0) is 42.2 Å². The first-order valence-electron chi connectivity index (χ1n) is 13.1. The SMILES string of the molecule is CCCCOc1cccc(C2C(C(=O)C=Cc3ccccc3)=C(O)C(=O)N2CCCN2CCOCC2)c1. The summed E-state index contributed by atoms with van der Waals surface area (Å²) in [7, 11) is 0. The molecular formula is C30H36N2O5. The number of hydrogen-bond acceptors (Lipinski definition) is 6. The number of unbranched alkanes of at least 4 members (excludes halogenated alkanes) is 1. The molecule has 1 N–H and O–H groups in total. The number of allylic oxidation sites excluding steroid dienone is 1. The maximum absolute atomic E-state index is 13.4. The van der Waals surface area contributed by atoms with Gasteiger partial charge in [0.15, 0.2) is 11.5 Å². The predicted molar refractivity (Wildman–Crippen MR) is 143 cm³/mol. The minimum absolute atomic E-state index is 0.106. The van der Waals surface area contributed by atoms with Gasteiger partial charge in [0.1, 0.15) is 5.75 Å². The van der Waals surface area contributed by atoms with E-state index in [1.807, 2.05) is 54.6 Å². The van der Waals surface area contributed by atoms with E-state index in [2.05, 4.69) is 11.8 Å². The van der Waals surface area contributed by atoms with Crippen molar-refractivity contribution in [3.63, 3.8) is 0 Å². The summed E-state index contributed by atoms with van der Waals surface area (Å²) in [6.45, 7) is 7.10. The minimum atomic E-state index is -0.681. The van der Waals surface area contributed by atoms with Gasteiger partial charge in [-0.1, -0.05) is 61.9 Å². The zero-order valence-electron chi connectivity index (χ0n) is 21.5. The molecule has 0 bridgehead atoms. The van der Waals surface area contributed by atoms with Crippen molar-refractivity contribution in [3.05, 3.63) is 83.1 Å². The van der Waals surface area contributed by atoms with Gasteiger partial charge in [-0.3, -0.25) is 14.5 Å². The van der Waals surface area contributed by atoms with E-state index in [1.54, 1.807) is 11.0 Å². The Hall–Kier alpha value is -3.42. The van der Waals surface area contributed by atoms with E-state index < -0.39 is 17.7 Å². The Bertz CT molecular complexity index is 1120. The average Bonchev–Trinajstić information content (AvgIpc) is 3.18. The number of ether oxygens (including phenoxy) is 2. The number of aliphatic hydroxyl groups excluding tert-OH is 1. The van der Waals surface area contributed by atoms with E-state index in [0.29, 0.717) is 32.1 Å². The lowest BCUT2D eigenvalue weighted by molar-refractivity contribution is -0.129. The second-order valence-electron chi connectivity index (χ2n) is 9.35. The number of amides is 1. The van der Waals surface area contributed by atoms with Crippen LogP contribution >= 0.6 is 0 Å². The van der Waals surface area contributed by atoms with Crippen molar-refractivity contribution in [2.45, 2.75) is 32.2 Å². The van der Waals surface area contributed by atoms with Gasteiger partial charge in [0.2, 0.25) is 0 Å². The van der Waals surface area contributed by atoms with Crippen molar-refractivity contribution in [2.75, 3.05) is 46.0 Å². The lowest BCUT2D eigenvalue weighted by atomic mass is 9.95. The number of rotatable bonds is 12. The summed E-state index contributed by atoms with van der Waals surface area (Å²) in [4.78, 5) is 30.5. The number of carbonyl (C=O) groups excluding carboxylic acids is 2. The number of ketones is 1. The maximum atomic E-state index is 13.4. The summed E-state index contributed by atoms with van der Waals surface area (Å²) in [5.41, 5.74) is 1.72. The molecular weight excluding hydrogens is 468 g/mol. The van der Waals surface area contributed by atoms with Crippen LogP contribution in [0.2, 0.25) is 0 Å². The molecule has 1 fully saturated rings. The summed E-state index contributed by atoms with van der Waals surface area (Å²) in [5.74, 6) is -0.686. The Morgan fingerprint density at radius 3 is 2.62 bits per heavy atom. The Kier molecular flexibility index (Phi) is 9.52. The molecule has 7 nitrogen and oxygen atoms in total. The minimum Gasteiger partial charge on any atom is -0.503 e. The van der Waals surface area contributed by atoms with Crippen LogP contribution in [0.5, 0.6) is 5.75 Å². The molecule has 0 saturated carbocycles. The highest BCUT2D eigenvalue weighted by molar-refractivity contribution is 6.14. The predicted octanol–water partition coefficient (Wildman–Crippen LogP) is 4.57. The molecule has 1 atom stereocenters. The fourth-order valence-electron chi connectivity index (χ4n) is 4.71. The highest BCUT2D eigenvalue weighted by Crippen LogP contribution is 2.39. The molecule has 37 heavy (non-hydrogen) atoms. The average molecular weight is 505 g/mol. The van der Waals surface area contributed by atoms with Crippen LogP contribution in [-0.2, 0) is 14.3 Å². The summed E-state index contributed by atoms with van der Waals surface area (Å²) >= 11 is 0. The number of nitrogens with zero attached hydrogens (tertiary/aromatic N) is 2. The van der Waals surface area contributed by atoms with Crippen molar-refractivity contribution in [1.29, 1.82) is 0 Å². The number of hydrogen-bond donors (Lipinski definition) is 1. The second-order valence-corrected chi connectivity index (χ2v) is 9.35. The van der Waals surface area contributed by atoms with E-state index >= 15 is 0 Å². The van der Waals surface area contributed by atoms with E-state index in [0.717, 1.165) is 50.0 Å². The normalized spacial score (nSPS) is 18.7. The van der Waals surface area contributed by atoms with Crippen LogP contribution in [0.3, 0.4) is 0 Å². The zero-order valence-corrected chi connectivity index (χ0v) is 21.5. The Morgan fingerprint density at radius 2 is 1.86 bits per heavy atom. The van der Waals surface area contributed by atoms with Gasteiger partial charge < -0.3 is 19.5 Å². The standard InChI is InChI=1S/C30H36N2O5/c1-2-3-19-37-25-12-7-11-24(22-25)28-27(26(33)14-13-23-9-5-4-6-10-23)29(34)30(35)32(28)16-8-15-31-17-20-36-21-18-31/h4-7,9-14,22,28,34H,2-3,8,15-21H2,1H3. The molecule has 2 aromatic carbocycles. The van der Waals surface area contributed by atoms with Gasteiger partial charge in [-0.2, -0.15) is 0 Å². The summed E-state index contributed by atoms with van der Waals surface area (Å²) in [6.07, 6.45) is 5.82. The molecule has 1 saturated heterocycles. The van der Waals surface area contributed by atoms with Gasteiger partial charge in [-0.25, -0.2) is 0 Å².